The summed E-state index contributed by atoms with van der Waals surface area (Å²) in [5.74, 6) is -0.327. The van der Waals surface area contributed by atoms with Gasteiger partial charge in [0.25, 0.3) is 0 Å². The molecule has 0 fully saturated rings. The fraction of sp³-hybridized carbons (Fsp3) is 0. The molecule has 0 atom stereocenters. The molecule has 0 saturated carbocycles. The molecular formula is C20H16ClFN6O2S. The molecule has 2 aromatic heterocycles. The molecule has 0 radical (unpaired) electrons. The zero-order valence-electron chi connectivity index (χ0n) is 15.8. The van der Waals surface area contributed by atoms with Crippen LogP contribution < -0.4 is 11.5 Å². The molecule has 0 unspecified atom stereocenters. The summed E-state index contributed by atoms with van der Waals surface area (Å²) in [6, 6.07) is 11.8. The van der Waals surface area contributed by atoms with E-state index in [4.69, 9.17) is 11.5 Å². The number of sulfone groups is 1. The zero-order valence-corrected chi connectivity index (χ0v) is 17.4. The first-order valence-corrected chi connectivity index (χ1v) is 10.1. The summed E-state index contributed by atoms with van der Waals surface area (Å²) >= 11 is 0. The highest BCUT2D eigenvalue weighted by Gasteiger charge is 2.24. The predicted molar refractivity (Wildman–Crippen MR) is 116 cm³/mol. The molecule has 0 spiro atoms. The van der Waals surface area contributed by atoms with Crippen molar-refractivity contribution in [2.45, 2.75) is 9.92 Å². The van der Waals surface area contributed by atoms with Crippen molar-refractivity contribution in [3.05, 3.63) is 73.1 Å². The van der Waals surface area contributed by atoms with Gasteiger partial charge >= 0.3 is 0 Å². The molecule has 0 aliphatic carbocycles. The van der Waals surface area contributed by atoms with Crippen LogP contribution in [0.4, 0.5) is 16.0 Å². The summed E-state index contributed by atoms with van der Waals surface area (Å²) in [4.78, 5) is 15.5. The van der Waals surface area contributed by atoms with Crippen LogP contribution >= 0.6 is 12.4 Å². The van der Waals surface area contributed by atoms with Gasteiger partial charge in [0.2, 0.25) is 9.84 Å². The van der Waals surface area contributed by atoms with E-state index in [-0.39, 0.29) is 39.5 Å². The lowest BCUT2D eigenvalue weighted by atomic mass is 10.0. The Kier molecular flexibility index (Phi) is 6.14. The molecule has 8 nitrogen and oxygen atoms in total. The van der Waals surface area contributed by atoms with Gasteiger partial charge < -0.3 is 11.5 Å². The maximum atomic E-state index is 14.8. The quantitative estimate of drug-likeness (QED) is 0.445. The largest absolute Gasteiger partial charge is 0.384 e. The van der Waals surface area contributed by atoms with Gasteiger partial charge in [-0.2, -0.15) is 0 Å². The van der Waals surface area contributed by atoms with E-state index in [9.17, 15) is 12.8 Å². The van der Waals surface area contributed by atoms with Crippen LogP contribution in [0.1, 0.15) is 0 Å². The number of nitrogen functional groups attached to an aromatic ring is 2. The summed E-state index contributed by atoms with van der Waals surface area (Å²) in [5.41, 5.74) is 12.3. The molecule has 4 aromatic rings. The average molecular weight is 459 g/mol. The monoisotopic (exact) mass is 458 g/mol. The lowest BCUT2D eigenvalue weighted by Crippen LogP contribution is -2.07. The molecule has 0 saturated heterocycles. The average Bonchev–Trinajstić information content (AvgIpc) is 2.74. The minimum absolute atomic E-state index is 0. The lowest BCUT2D eigenvalue weighted by molar-refractivity contribution is 0.592. The van der Waals surface area contributed by atoms with Gasteiger partial charge in [-0.05, 0) is 23.8 Å². The third-order valence-corrected chi connectivity index (χ3v) is 6.05. The highest BCUT2D eigenvalue weighted by Crippen LogP contribution is 2.33. The molecule has 2 aromatic carbocycles. The molecule has 31 heavy (non-hydrogen) atoms. The van der Waals surface area contributed by atoms with Crippen LogP contribution in [0.5, 0.6) is 0 Å². The molecule has 0 aliphatic heterocycles. The van der Waals surface area contributed by atoms with Crippen molar-refractivity contribution < 1.29 is 12.8 Å². The highest BCUT2D eigenvalue weighted by molar-refractivity contribution is 7.91. The third-order valence-electron chi connectivity index (χ3n) is 4.34. The van der Waals surface area contributed by atoms with Crippen molar-refractivity contribution in [2.24, 2.45) is 0 Å². The highest BCUT2D eigenvalue weighted by atomic mass is 35.5. The van der Waals surface area contributed by atoms with Crippen LogP contribution in [0.2, 0.25) is 0 Å². The number of benzene rings is 2. The number of hydrogen-bond acceptors (Lipinski definition) is 8. The minimum atomic E-state index is -4.01. The number of nitrogens with two attached hydrogens (primary N) is 2. The fourth-order valence-corrected chi connectivity index (χ4v) is 4.34. The predicted octanol–water partition coefficient (Wildman–Crippen LogP) is 3.16. The molecule has 2 heterocycles. The van der Waals surface area contributed by atoms with Gasteiger partial charge in [-0.3, -0.25) is 4.98 Å². The van der Waals surface area contributed by atoms with Crippen LogP contribution in [-0.2, 0) is 9.84 Å². The van der Waals surface area contributed by atoms with E-state index in [1.165, 1.54) is 36.7 Å². The Balaban J connectivity index is 0.00000272. The Labute approximate surface area is 183 Å². The SMILES string of the molecule is Cl.Nc1cnc(-c2ccc(-c3ccccc3S(=O)(=O)c3cc(N)ncn3)cc2F)cn1. The van der Waals surface area contributed by atoms with E-state index < -0.39 is 15.7 Å². The van der Waals surface area contributed by atoms with Crippen LogP contribution in [0, 0.1) is 5.82 Å². The second-order valence-electron chi connectivity index (χ2n) is 6.30. The maximum absolute atomic E-state index is 14.8. The Bertz CT molecular complexity index is 1350. The number of halogens is 2. The smallest absolute Gasteiger partial charge is 0.224 e. The number of rotatable bonds is 4. The summed E-state index contributed by atoms with van der Waals surface area (Å²) in [7, 11) is -4.01. The molecule has 0 aliphatic rings. The first-order chi connectivity index (χ1) is 14.4. The Morgan fingerprint density at radius 2 is 1.58 bits per heavy atom. The topological polar surface area (TPSA) is 138 Å². The summed E-state index contributed by atoms with van der Waals surface area (Å²) in [6.07, 6.45) is 3.77. The normalized spacial score (nSPS) is 11.0. The van der Waals surface area contributed by atoms with E-state index in [1.807, 2.05) is 0 Å². The van der Waals surface area contributed by atoms with Crippen molar-refractivity contribution >= 4 is 33.9 Å². The second kappa shape index (κ2) is 8.62. The first-order valence-electron chi connectivity index (χ1n) is 8.66. The van der Waals surface area contributed by atoms with Crippen molar-refractivity contribution in [1.29, 1.82) is 0 Å². The molecule has 0 amide bonds. The number of nitrogens with zero attached hydrogens (tertiary/aromatic N) is 4. The Morgan fingerprint density at radius 1 is 0.806 bits per heavy atom. The van der Waals surface area contributed by atoms with Gasteiger partial charge in [0, 0.05) is 17.2 Å². The second-order valence-corrected chi connectivity index (χ2v) is 8.17. The van der Waals surface area contributed by atoms with Crippen LogP contribution in [0.15, 0.2) is 77.2 Å². The van der Waals surface area contributed by atoms with Crippen molar-refractivity contribution in [1.82, 2.24) is 19.9 Å². The van der Waals surface area contributed by atoms with Crippen molar-refractivity contribution in [3.8, 4) is 22.4 Å². The van der Waals surface area contributed by atoms with Gasteiger partial charge in [-0.25, -0.2) is 27.8 Å². The number of anilines is 2. The Morgan fingerprint density at radius 3 is 2.26 bits per heavy atom. The van der Waals surface area contributed by atoms with Crippen molar-refractivity contribution in [3.63, 3.8) is 0 Å². The lowest BCUT2D eigenvalue weighted by Gasteiger charge is -2.12. The molecule has 4 N–H and O–H groups in total. The minimum Gasteiger partial charge on any atom is -0.384 e. The van der Waals surface area contributed by atoms with E-state index in [0.29, 0.717) is 16.8 Å². The fourth-order valence-electron chi connectivity index (χ4n) is 2.92. The molecular weight excluding hydrogens is 443 g/mol. The van der Waals surface area contributed by atoms with Crippen molar-refractivity contribution in [2.75, 3.05) is 11.5 Å². The van der Waals surface area contributed by atoms with E-state index in [0.717, 1.165) is 6.33 Å². The standard InChI is InChI=1S/C20H15FN6O2S.ClH/c21-15-7-12(5-6-14(15)16-9-25-19(23)10-24-16)13-3-1-2-4-17(13)30(28,29)20-8-18(22)26-11-27-20;/h1-11H,(H2,23,25)(H2,22,26,27);1H. The first kappa shape index (κ1) is 22.1. The number of hydrogen-bond donors (Lipinski definition) is 2. The van der Waals surface area contributed by atoms with Gasteiger partial charge in [-0.1, -0.05) is 24.3 Å². The van der Waals surface area contributed by atoms with Crippen LogP contribution in [0.25, 0.3) is 22.4 Å². The van der Waals surface area contributed by atoms with Gasteiger partial charge in [0.05, 0.1) is 23.0 Å². The Hall–Kier alpha value is -3.63. The summed E-state index contributed by atoms with van der Waals surface area (Å²) in [6.45, 7) is 0. The van der Waals surface area contributed by atoms with Gasteiger partial charge in [0.15, 0.2) is 5.03 Å². The maximum Gasteiger partial charge on any atom is 0.224 e. The zero-order chi connectivity index (χ0) is 21.3. The molecule has 4 rings (SSSR count). The van der Waals surface area contributed by atoms with Crippen LogP contribution in [0.3, 0.4) is 0 Å². The van der Waals surface area contributed by atoms with E-state index >= 15 is 0 Å². The summed E-state index contributed by atoms with van der Waals surface area (Å²) < 4.78 is 41.1. The van der Waals surface area contributed by atoms with Gasteiger partial charge in [0.1, 0.15) is 23.8 Å². The number of aromatic nitrogens is 4. The van der Waals surface area contributed by atoms with E-state index in [1.54, 1.807) is 24.3 Å². The van der Waals surface area contributed by atoms with Gasteiger partial charge in [-0.15, -0.1) is 12.4 Å². The molecule has 158 valence electrons. The van der Waals surface area contributed by atoms with E-state index in [2.05, 4.69) is 19.9 Å². The summed E-state index contributed by atoms with van der Waals surface area (Å²) in [5, 5.41) is -0.239. The third kappa shape index (κ3) is 4.30. The van der Waals surface area contributed by atoms with Crippen LogP contribution in [-0.4, -0.2) is 28.4 Å². The molecule has 11 heteroatoms. The molecule has 0 bridgehead atoms.